The molecule has 0 N–H and O–H groups in total. The van der Waals surface area contributed by atoms with Gasteiger partial charge in [0.05, 0.1) is 10.4 Å². The van der Waals surface area contributed by atoms with Crippen molar-refractivity contribution in [1.29, 1.82) is 0 Å². The second kappa shape index (κ2) is 6.63. The highest BCUT2D eigenvalue weighted by Crippen LogP contribution is 2.25. The van der Waals surface area contributed by atoms with Crippen LogP contribution in [0.15, 0.2) is 46.8 Å². The van der Waals surface area contributed by atoms with Gasteiger partial charge in [0, 0.05) is 17.3 Å². The fraction of sp³-hybridized carbons (Fsp3) is 0.143. The number of hydrogen-bond donors (Lipinski definition) is 0. The molecule has 0 radical (unpaired) electrons. The van der Waals surface area contributed by atoms with Gasteiger partial charge in [0.1, 0.15) is 5.75 Å². The van der Waals surface area contributed by atoms with Crippen molar-refractivity contribution < 1.29 is 9.53 Å². The highest BCUT2D eigenvalue weighted by molar-refractivity contribution is 9.10. The zero-order chi connectivity index (χ0) is 13.7. The Bertz CT molecular complexity index is 577. The van der Waals surface area contributed by atoms with E-state index >= 15 is 0 Å². The Labute approximate surface area is 124 Å². The number of rotatable bonds is 6. The van der Waals surface area contributed by atoms with Crippen molar-refractivity contribution in [3.05, 3.63) is 51.8 Å². The fourth-order valence-corrected chi connectivity index (χ4v) is 2.38. The monoisotopic (exact) mass is 337 g/mol. The van der Waals surface area contributed by atoms with Gasteiger partial charge in [-0.15, -0.1) is 11.3 Å². The first-order valence-corrected chi connectivity index (χ1v) is 7.38. The van der Waals surface area contributed by atoms with Crippen LogP contribution in [0.4, 0.5) is 0 Å². The van der Waals surface area contributed by atoms with Crippen LogP contribution in [0.25, 0.3) is 0 Å². The number of allylic oxidation sites excluding steroid dienone is 1. The van der Waals surface area contributed by atoms with Crippen LogP contribution in [0, 0.1) is 0 Å². The van der Waals surface area contributed by atoms with Gasteiger partial charge in [0.25, 0.3) is 0 Å². The van der Waals surface area contributed by atoms with E-state index in [1.54, 1.807) is 0 Å². The highest BCUT2D eigenvalue weighted by atomic mass is 79.9. The topological polar surface area (TPSA) is 39.2 Å². The molecule has 1 heterocycles. The van der Waals surface area contributed by atoms with Crippen molar-refractivity contribution in [3.63, 3.8) is 0 Å². The van der Waals surface area contributed by atoms with Gasteiger partial charge < -0.3 is 4.74 Å². The summed E-state index contributed by atoms with van der Waals surface area (Å²) < 4.78 is 6.62. The number of benzene rings is 1. The van der Waals surface area contributed by atoms with E-state index < -0.39 is 0 Å². The first kappa shape index (κ1) is 14.0. The number of aromatic nitrogens is 1. The van der Waals surface area contributed by atoms with E-state index in [1.165, 1.54) is 17.4 Å². The molecule has 0 saturated carbocycles. The average molecular weight is 338 g/mol. The van der Waals surface area contributed by atoms with Crippen molar-refractivity contribution in [2.75, 3.05) is 0 Å². The Morgan fingerprint density at radius 1 is 1.42 bits per heavy atom. The zero-order valence-electron chi connectivity index (χ0n) is 10.1. The molecule has 3 nitrogen and oxygen atoms in total. The minimum atomic E-state index is 0.0329. The van der Waals surface area contributed by atoms with E-state index in [9.17, 15) is 4.79 Å². The fourth-order valence-electron chi connectivity index (χ4n) is 1.41. The number of nitrogens with zero attached hydrogens (tertiary/aromatic N) is 1. The van der Waals surface area contributed by atoms with Crippen LogP contribution in [0.5, 0.6) is 11.6 Å². The largest absolute Gasteiger partial charge is 0.438 e. The van der Waals surface area contributed by atoms with E-state index in [0.29, 0.717) is 18.7 Å². The first-order chi connectivity index (χ1) is 9.17. The maximum atomic E-state index is 11.1. The smallest absolute Gasteiger partial charge is 0.230 e. The summed E-state index contributed by atoms with van der Waals surface area (Å²) in [7, 11) is 0. The lowest BCUT2D eigenvalue weighted by molar-refractivity contribution is -0.114. The standard InChI is InChI=1S/C14H12BrNO2S/c1-2-11(17)5-8-14-16-13(9-19-14)18-12-6-3-10(15)4-7-12/h2-4,6-7,9H,1,5,8H2. The third-order valence-corrected chi connectivity index (χ3v) is 3.80. The minimum absolute atomic E-state index is 0.0329. The minimum Gasteiger partial charge on any atom is -0.438 e. The molecule has 0 fully saturated rings. The highest BCUT2D eigenvalue weighted by Gasteiger charge is 2.06. The van der Waals surface area contributed by atoms with Crippen molar-refractivity contribution >= 4 is 33.0 Å². The quantitative estimate of drug-likeness (QED) is 0.734. The van der Waals surface area contributed by atoms with Gasteiger partial charge in [0.15, 0.2) is 5.78 Å². The molecule has 98 valence electrons. The molecule has 5 heteroatoms. The van der Waals surface area contributed by atoms with Crippen LogP contribution < -0.4 is 4.74 Å². The molecule has 0 aliphatic heterocycles. The van der Waals surface area contributed by atoms with Crippen LogP contribution >= 0.6 is 27.3 Å². The Morgan fingerprint density at radius 3 is 2.84 bits per heavy atom. The molecule has 0 aliphatic rings. The lowest BCUT2D eigenvalue weighted by atomic mass is 10.2. The number of ether oxygens (including phenoxy) is 1. The predicted octanol–water partition coefficient (Wildman–Crippen LogP) is 4.39. The Hall–Kier alpha value is -1.46. The third-order valence-electron chi connectivity index (χ3n) is 2.38. The maximum Gasteiger partial charge on any atom is 0.230 e. The van der Waals surface area contributed by atoms with Crippen LogP contribution in [-0.2, 0) is 11.2 Å². The van der Waals surface area contributed by atoms with Gasteiger partial charge in [0.2, 0.25) is 5.88 Å². The summed E-state index contributed by atoms with van der Waals surface area (Å²) in [6.45, 7) is 3.45. The van der Waals surface area contributed by atoms with E-state index in [2.05, 4.69) is 27.5 Å². The molecular formula is C14H12BrNO2S. The number of carbonyl (C=O) groups is 1. The van der Waals surface area contributed by atoms with E-state index in [4.69, 9.17) is 4.74 Å². The molecule has 1 aromatic carbocycles. The number of halogens is 1. The van der Waals surface area contributed by atoms with Crippen molar-refractivity contribution in [2.24, 2.45) is 0 Å². The molecular weight excluding hydrogens is 326 g/mol. The molecule has 0 atom stereocenters. The Morgan fingerprint density at radius 2 is 2.16 bits per heavy atom. The van der Waals surface area contributed by atoms with Crippen molar-refractivity contribution in [1.82, 2.24) is 4.98 Å². The third kappa shape index (κ3) is 4.29. The summed E-state index contributed by atoms with van der Waals surface area (Å²) >= 11 is 4.86. The zero-order valence-corrected chi connectivity index (χ0v) is 12.5. The first-order valence-electron chi connectivity index (χ1n) is 5.70. The van der Waals surface area contributed by atoms with Crippen LogP contribution in [-0.4, -0.2) is 10.8 Å². The molecule has 0 unspecified atom stereocenters. The SMILES string of the molecule is C=CC(=O)CCc1nc(Oc2ccc(Br)cc2)cs1. The van der Waals surface area contributed by atoms with Crippen molar-refractivity contribution in [2.45, 2.75) is 12.8 Å². The summed E-state index contributed by atoms with van der Waals surface area (Å²) in [5.41, 5.74) is 0. The van der Waals surface area contributed by atoms with Gasteiger partial charge in [-0.1, -0.05) is 22.5 Å². The molecule has 0 saturated heterocycles. The molecule has 1 aromatic heterocycles. The van der Waals surface area contributed by atoms with E-state index in [1.807, 2.05) is 29.6 Å². The number of hydrogen-bond acceptors (Lipinski definition) is 4. The summed E-state index contributed by atoms with van der Waals surface area (Å²) in [6.07, 6.45) is 2.40. The second-order valence-electron chi connectivity index (χ2n) is 3.81. The van der Waals surface area contributed by atoms with Gasteiger partial charge in [-0.25, -0.2) is 4.98 Å². The van der Waals surface area contributed by atoms with Crippen LogP contribution in [0.1, 0.15) is 11.4 Å². The Balaban J connectivity index is 1.95. The van der Waals surface area contributed by atoms with E-state index in [-0.39, 0.29) is 5.78 Å². The molecule has 0 bridgehead atoms. The Kier molecular flexibility index (Phi) is 4.87. The summed E-state index contributed by atoms with van der Waals surface area (Å²) in [4.78, 5) is 15.5. The van der Waals surface area contributed by atoms with Crippen LogP contribution in [0.2, 0.25) is 0 Å². The second-order valence-corrected chi connectivity index (χ2v) is 5.66. The number of aryl methyl sites for hydroxylation is 1. The number of ketones is 1. The number of thiazole rings is 1. The van der Waals surface area contributed by atoms with Gasteiger partial charge in [-0.05, 0) is 30.3 Å². The molecule has 0 aliphatic carbocycles. The predicted molar refractivity (Wildman–Crippen MR) is 79.9 cm³/mol. The normalized spacial score (nSPS) is 10.2. The van der Waals surface area contributed by atoms with Gasteiger partial charge >= 0.3 is 0 Å². The van der Waals surface area contributed by atoms with Gasteiger partial charge in [-0.3, -0.25) is 4.79 Å². The average Bonchev–Trinajstić information content (AvgIpc) is 2.86. The molecule has 2 rings (SSSR count). The molecule has 19 heavy (non-hydrogen) atoms. The van der Waals surface area contributed by atoms with Crippen molar-refractivity contribution in [3.8, 4) is 11.6 Å². The lowest BCUT2D eigenvalue weighted by Crippen LogP contribution is -1.95. The molecule has 2 aromatic rings. The van der Waals surface area contributed by atoms with E-state index in [0.717, 1.165) is 15.2 Å². The summed E-state index contributed by atoms with van der Waals surface area (Å²) in [5.74, 6) is 1.33. The molecule has 0 spiro atoms. The summed E-state index contributed by atoms with van der Waals surface area (Å²) in [6, 6.07) is 7.55. The summed E-state index contributed by atoms with van der Waals surface area (Å²) in [5, 5.41) is 2.73. The van der Waals surface area contributed by atoms with Crippen LogP contribution in [0.3, 0.4) is 0 Å². The number of carbonyl (C=O) groups excluding carboxylic acids is 1. The molecule has 0 amide bonds. The maximum absolute atomic E-state index is 11.1. The lowest BCUT2D eigenvalue weighted by Gasteiger charge is -2.01. The van der Waals surface area contributed by atoms with Gasteiger partial charge in [-0.2, -0.15) is 0 Å².